The zero-order valence-electron chi connectivity index (χ0n) is 19.8. The molecule has 188 valence electrons. The van der Waals surface area contributed by atoms with Crippen molar-refractivity contribution in [1.29, 1.82) is 0 Å². The predicted octanol–water partition coefficient (Wildman–Crippen LogP) is 1.68. The predicted molar refractivity (Wildman–Crippen MR) is 135 cm³/mol. The minimum atomic E-state index is -1.02. The molecule has 7 N–H and O–H groups in total. The van der Waals surface area contributed by atoms with Crippen LogP contribution in [-0.2, 0) is 18.3 Å². The molecule has 0 bridgehead atoms. The van der Waals surface area contributed by atoms with Crippen molar-refractivity contribution in [3.8, 4) is 5.69 Å². The molecular formula is C27H25FN6O3. The highest BCUT2D eigenvalue weighted by Gasteiger charge is 2.44. The number of H-pyrrole nitrogens is 1. The minimum Gasteiger partial charge on any atom is -0.366 e. The second-order valence-electron chi connectivity index (χ2n) is 9.08. The number of rotatable bonds is 6. The van der Waals surface area contributed by atoms with Crippen molar-refractivity contribution in [1.82, 2.24) is 14.8 Å². The summed E-state index contributed by atoms with van der Waals surface area (Å²) in [5.41, 5.74) is 20.2. The third kappa shape index (κ3) is 4.01. The Kier molecular flexibility index (Phi) is 5.96. The summed E-state index contributed by atoms with van der Waals surface area (Å²) in [5, 5.41) is 4.67. The Balaban J connectivity index is 1.83. The van der Waals surface area contributed by atoms with Crippen molar-refractivity contribution in [2.24, 2.45) is 17.2 Å². The average molecular weight is 501 g/mol. The topological polar surface area (TPSA) is 163 Å². The normalized spacial score (nSPS) is 13.9. The molecule has 37 heavy (non-hydrogen) atoms. The molecule has 9 nitrogen and oxygen atoms in total. The first-order valence-electron chi connectivity index (χ1n) is 11.8. The van der Waals surface area contributed by atoms with Gasteiger partial charge < -0.3 is 17.2 Å². The molecule has 3 aromatic carbocycles. The molecule has 0 saturated carbocycles. The molecule has 1 aliphatic carbocycles. The van der Waals surface area contributed by atoms with Gasteiger partial charge in [0, 0.05) is 11.1 Å². The second kappa shape index (κ2) is 9.14. The van der Waals surface area contributed by atoms with Crippen LogP contribution in [0.15, 0.2) is 65.5 Å². The highest BCUT2D eigenvalue weighted by molar-refractivity contribution is 5.94. The van der Waals surface area contributed by atoms with E-state index in [2.05, 4.69) is 10.1 Å². The van der Waals surface area contributed by atoms with E-state index in [0.29, 0.717) is 41.9 Å². The Hall–Kier alpha value is -4.57. The standard InChI is InChI=1S/C27H25FN6O3/c28-19-5-7-20(8-6-19)34-26(37)32-25(33-34)27(11-12-29)21-9-3-17(23(30)35)13-15(21)1-2-16-14-18(24(31)36)4-10-22(16)27/h3-10,13-14H,1-2,11-12,29H2,(H2,30,35)(H2,31,36)(H,32,33,37). The van der Waals surface area contributed by atoms with Gasteiger partial charge in [0.25, 0.3) is 0 Å². The van der Waals surface area contributed by atoms with Crippen LogP contribution in [0, 0.1) is 5.82 Å². The highest BCUT2D eigenvalue weighted by Crippen LogP contribution is 2.46. The number of hydrogen-bond acceptors (Lipinski definition) is 5. The second-order valence-corrected chi connectivity index (χ2v) is 9.08. The van der Waals surface area contributed by atoms with Crippen molar-refractivity contribution < 1.29 is 14.0 Å². The third-order valence-corrected chi connectivity index (χ3v) is 6.98. The van der Waals surface area contributed by atoms with E-state index >= 15 is 0 Å². The molecule has 1 aromatic heterocycles. The number of aromatic amines is 1. The van der Waals surface area contributed by atoms with Gasteiger partial charge in [-0.3, -0.25) is 14.6 Å². The zero-order chi connectivity index (χ0) is 26.3. The fourth-order valence-corrected chi connectivity index (χ4v) is 5.29. The molecule has 5 rings (SSSR count). The van der Waals surface area contributed by atoms with Crippen molar-refractivity contribution in [2.45, 2.75) is 24.7 Å². The van der Waals surface area contributed by atoms with Gasteiger partial charge in [0.15, 0.2) is 0 Å². The Morgan fingerprint density at radius 2 is 1.46 bits per heavy atom. The molecule has 0 fully saturated rings. The van der Waals surface area contributed by atoms with Gasteiger partial charge in [0.2, 0.25) is 11.8 Å². The number of carbonyl (C=O) groups is 2. The summed E-state index contributed by atoms with van der Waals surface area (Å²) in [6.45, 7) is 0.236. The van der Waals surface area contributed by atoms with Gasteiger partial charge in [-0.25, -0.2) is 9.18 Å². The first-order valence-corrected chi connectivity index (χ1v) is 11.8. The van der Waals surface area contributed by atoms with Gasteiger partial charge in [-0.15, -0.1) is 5.10 Å². The van der Waals surface area contributed by atoms with Crippen molar-refractivity contribution in [2.75, 3.05) is 6.54 Å². The summed E-state index contributed by atoms with van der Waals surface area (Å²) in [4.78, 5) is 39.9. The summed E-state index contributed by atoms with van der Waals surface area (Å²) in [7, 11) is 0. The first-order chi connectivity index (χ1) is 17.7. The van der Waals surface area contributed by atoms with E-state index in [-0.39, 0.29) is 6.54 Å². The molecule has 0 radical (unpaired) electrons. The number of primary amides is 2. The lowest BCUT2D eigenvalue weighted by Gasteiger charge is -2.34. The molecule has 0 atom stereocenters. The van der Waals surface area contributed by atoms with Crippen LogP contribution in [0.5, 0.6) is 0 Å². The molecule has 0 aliphatic heterocycles. The summed E-state index contributed by atoms with van der Waals surface area (Å²) >= 11 is 0. The van der Waals surface area contributed by atoms with Crippen LogP contribution in [0.4, 0.5) is 4.39 Å². The number of amides is 2. The fraction of sp³-hybridized carbons (Fsp3) is 0.185. The van der Waals surface area contributed by atoms with Crippen LogP contribution >= 0.6 is 0 Å². The van der Waals surface area contributed by atoms with Crippen molar-refractivity contribution >= 4 is 11.8 Å². The lowest BCUT2D eigenvalue weighted by atomic mass is 9.69. The molecule has 0 spiro atoms. The molecule has 2 amide bonds. The van der Waals surface area contributed by atoms with Gasteiger partial charge >= 0.3 is 5.69 Å². The number of nitrogens with one attached hydrogen (secondary N) is 1. The number of halogens is 1. The molecule has 1 aliphatic rings. The number of hydrogen-bond donors (Lipinski definition) is 4. The lowest BCUT2D eigenvalue weighted by molar-refractivity contribution is 0.0991. The minimum absolute atomic E-state index is 0.236. The highest BCUT2D eigenvalue weighted by atomic mass is 19.1. The van der Waals surface area contributed by atoms with Gasteiger partial charge in [-0.1, -0.05) is 12.1 Å². The van der Waals surface area contributed by atoms with Crippen LogP contribution in [0.2, 0.25) is 0 Å². The molecule has 4 aromatic rings. The van der Waals surface area contributed by atoms with Crippen LogP contribution in [0.25, 0.3) is 5.69 Å². The largest absolute Gasteiger partial charge is 0.366 e. The molecule has 0 saturated heterocycles. The lowest BCUT2D eigenvalue weighted by Crippen LogP contribution is -2.35. The van der Waals surface area contributed by atoms with Gasteiger partial charge in [0.05, 0.1) is 11.1 Å². The van der Waals surface area contributed by atoms with Gasteiger partial charge in [-0.05, 0) is 96.6 Å². The summed E-state index contributed by atoms with van der Waals surface area (Å²) < 4.78 is 14.7. The number of nitrogens with zero attached hydrogens (tertiary/aromatic N) is 2. The van der Waals surface area contributed by atoms with Crippen LogP contribution in [0.3, 0.4) is 0 Å². The van der Waals surface area contributed by atoms with Crippen LogP contribution in [-0.4, -0.2) is 33.1 Å². The van der Waals surface area contributed by atoms with E-state index in [0.717, 1.165) is 22.3 Å². The smallest absolute Gasteiger partial charge is 0.348 e. The Morgan fingerprint density at radius 1 is 0.919 bits per heavy atom. The number of benzene rings is 3. The Bertz CT molecular complexity index is 1520. The van der Waals surface area contributed by atoms with Crippen LogP contribution in [0.1, 0.15) is 55.2 Å². The number of nitrogens with two attached hydrogens (primary N) is 3. The maximum Gasteiger partial charge on any atom is 0.348 e. The quantitative estimate of drug-likeness (QED) is 0.316. The van der Waals surface area contributed by atoms with E-state index in [1.165, 1.54) is 28.9 Å². The van der Waals surface area contributed by atoms with E-state index in [4.69, 9.17) is 17.2 Å². The number of aromatic nitrogens is 3. The van der Waals surface area contributed by atoms with E-state index in [9.17, 15) is 18.8 Å². The SMILES string of the molecule is NCCC1(c2nn(-c3ccc(F)cc3)c(=O)[nH]2)c2ccc(C(N)=O)cc2CCc2cc(C(N)=O)ccc21. The van der Waals surface area contributed by atoms with Crippen molar-refractivity contribution in [3.63, 3.8) is 0 Å². The fourth-order valence-electron chi connectivity index (χ4n) is 5.29. The monoisotopic (exact) mass is 500 g/mol. The Labute approximate surface area is 211 Å². The number of fused-ring (bicyclic) bond motifs is 2. The van der Waals surface area contributed by atoms with E-state index in [1.807, 2.05) is 12.1 Å². The maximum atomic E-state index is 13.5. The van der Waals surface area contributed by atoms with Crippen LogP contribution < -0.4 is 22.9 Å². The van der Waals surface area contributed by atoms with Gasteiger partial charge in [-0.2, -0.15) is 4.68 Å². The summed E-state index contributed by atoms with van der Waals surface area (Å²) in [5.74, 6) is -1.22. The van der Waals surface area contributed by atoms with Gasteiger partial charge in [0.1, 0.15) is 11.6 Å². The molecule has 10 heteroatoms. The molecule has 0 unspecified atom stereocenters. The zero-order valence-corrected chi connectivity index (χ0v) is 19.8. The maximum absolute atomic E-state index is 13.5. The Morgan fingerprint density at radius 3 is 1.95 bits per heavy atom. The summed E-state index contributed by atoms with van der Waals surface area (Å²) in [6.07, 6.45) is 1.44. The number of carbonyl (C=O) groups excluding carboxylic acids is 2. The first kappa shape index (κ1) is 24.1. The van der Waals surface area contributed by atoms with E-state index < -0.39 is 28.7 Å². The summed E-state index contributed by atoms with van der Waals surface area (Å²) in [6, 6.07) is 15.8. The molecular weight excluding hydrogens is 475 g/mol. The van der Waals surface area contributed by atoms with E-state index in [1.54, 1.807) is 24.3 Å². The average Bonchev–Trinajstić information content (AvgIpc) is 3.21. The van der Waals surface area contributed by atoms with Crippen molar-refractivity contribution in [3.05, 3.63) is 116 Å². The number of aryl methyl sites for hydroxylation is 2. The molecule has 1 heterocycles. The third-order valence-electron chi connectivity index (χ3n) is 6.98.